The van der Waals surface area contributed by atoms with Gasteiger partial charge in [-0.05, 0) is 36.2 Å². The monoisotopic (exact) mass is 428 g/mol. The van der Waals surface area contributed by atoms with E-state index in [9.17, 15) is 22.8 Å². The lowest BCUT2D eigenvalue weighted by Gasteiger charge is -2.18. The van der Waals surface area contributed by atoms with Crippen molar-refractivity contribution in [2.45, 2.75) is 19.5 Å². The second-order valence-electron chi connectivity index (χ2n) is 5.93. The quantitative estimate of drug-likeness (QED) is 0.667. The maximum atomic E-state index is 13.0. The number of alkyl halides is 3. The van der Waals surface area contributed by atoms with Gasteiger partial charge in [0.1, 0.15) is 10.7 Å². The molecule has 2 aromatic rings. The summed E-state index contributed by atoms with van der Waals surface area (Å²) in [5, 5.41) is 2.21. The molecular weight excluding hydrogens is 416 g/mol. The predicted octanol–water partition coefficient (Wildman–Crippen LogP) is 5.36. The summed E-state index contributed by atoms with van der Waals surface area (Å²) in [6, 6.07) is 9.47. The van der Waals surface area contributed by atoms with Crippen LogP contribution < -0.4 is 10.2 Å². The molecule has 0 saturated carbocycles. The molecule has 0 aromatic heterocycles. The highest BCUT2D eigenvalue weighted by Crippen LogP contribution is 2.39. The molecule has 146 valence electrons. The summed E-state index contributed by atoms with van der Waals surface area (Å²) in [7, 11) is 0. The number of carbonyl (C=O) groups is 2. The minimum atomic E-state index is -4.66. The summed E-state index contributed by atoms with van der Waals surface area (Å²) in [5.74, 6) is -1.84. The fourth-order valence-electron chi connectivity index (χ4n) is 2.78. The number of aryl methyl sites for hydroxylation is 1. The molecule has 0 radical (unpaired) electrons. The van der Waals surface area contributed by atoms with Crippen LogP contribution in [0.1, 0.15) is 18.1 Å². The molecule has 4 nitrogen and oxygen atoms in total. The first kappa shape index (κ1) is 20.2. The van der Waals surface area contributed by atoms with E-state index in [2.05, 4.69) is 5.32 Å². The number of hydrogen-bond donors (Lipinski definition) is 1. The van der Waals surface area contributed by atoms with Gasteiger partial charge in [-0.2, -0.15) is 13.2 Å². The van der Waals surface area contributed by atoms with E-state index >= 15 is 0 Å². The van der Waals surface area contributed by atoms with Crippen LogP contribution in [0.4, 0.5) is 24.5 Å². The minimum Gasteiger partial charge on any atom is -0.349 e. The van der Waals surface area contributed by atoms with Crippen molar-refractivity contribution >= 4 is 46.4 Å². The Hall–Kier alpha value is -2.51. The molecule has 2 amide bonds. The van der Waals surface area contributed by atoms with Gasteiger partial charge in [-0.1, -0.05) is 48.3 Å². The van der Waals surface area contributed by atoms with Gasteiger partial charge < -0.3 is 5.32 Å². The number of nitrogens with zero attached hydrogens (tertiary/aromatic N) is 1. The van der Waals surface area contributed by atoms with E-state index < -0.39 is 28.6 Å². The zero-order valence-corrected chi connectivity index (χ0v) is 15.9. The summed E-state index contributed by atoms with van der Waals surface area (Å²) < 4.78 is 39.1. The Morgan fingerprint density at radius 3 is 2.36 bits per heavy atom. The number of halogens is 5. The van der Waals surface area contributed by atoms with Gasteiger partial charge in [-0.3, -0.25) is 9.59 Å². The number of carbonyl (C=O) groups excluding carboxylic acids is 2. The second-order valence-corrected chi connectivity index (χ2v) is 6.72. The topological polar surface area (TPSA) is 49.4 Å². The molecule has 1 heterocycles. The number of hydrogen-bond acceptors (Lipinski definition) is 3. The highest BCUT2D eigenvalue weighted by atomic mass is 35.5. The van der Waals surface area contributed by atoms with Crippen molar-refractivity contribution in [2.75, 3.05) is 10.2 Å². The zero-order chi connectivity index (χ0) is 20.6. The Morgan fingerprint density at radius 2 is 1.71 bits per heavy atom. The third kappa shape index (κ3) is 3.59. The van der Waals surface area contributed by atoms with E-state index in [1.165, 1.54) is 0 Å². The molecule has 1 aliphatic heterocycles. The summed E-state index contributed by atoms with van der Waals surface area (Å²) in [6.07, 6.45) is -4.01. The van der Waals surface area contributed by atoms with Gasteiger partial charge in [0.15, 0.2) is 0 Å². The normalized spacial score (nSPS) is 14.9. The predicted molar refractivity (Wildman–Crippen MR) is 101 cm³/mol. The van der Waals surface area contributed by atoms with Crippen molar-refractivity contribution in [3.63, 3.8) is 0 Å². The number of rotatable bonds is 4. The number of para-hydroxylation sites is 1. The first-order chi connectivity index (χ1) is 13.1. The first-order valence-electron chi connectivity index (χ1n) is 8.15. The van der Waals surface area contributed by atoms with Crippen molar-refractivity contribution < 1.29 is 22.8 Å². The van der Waals surface area contributed by atoms with Crippen molar-refractivity contribution in [3.05, 3.63) is 69.3 Å². The second kappa shape index (κ2) is 7.48. The number of nitrogens with one attached hydrogen (secondary N) is 1. The van der Waals surface area contributed by atoms with Gasteiger partial charge in [0.2, 0.25) is 0 Å². The smallest absolute Gasteiger partial charge is 0.349 e. The Balaban J connectivity index is 2.00. The summed E-state index contributed by atoms with van der Waals surface area (Å²) >= 11 is 12.0. The Labute approximate surface area is 168 Å². The third-order valence-corrected chi connectivity index (χ3v) is 4.87. The Bertz CT molecular complexity index is 1000. The average molecular weight is 429 g/mol. The van der Waals surface area contributed by atoms with Crippen LogP contribution in [0, 0.1) is 0 Å². The SMILES string of the molecule is CCc1ccccc1NC1=C(Cl)C(=O)N(c2cc(C(F)(F)F)ccc2Cl)C1=O. The number of anilines is 2. The van der Waals surface area contributed by atoms with Crippen LogP contribution in [0.25, 0.3) is 0 Å². The highest BCUT2D eigenvalue weighted by Gasteiger charge is 2.41. The zero-order valence-electron chi connectivity index (χ0n) is 14.4. The fourth-order valence-corrected chi connectivity index (χ4v) is 3.19. The van der Waals surface area contributed by atoms with Gasteiger partial charge >= 0.3 is 6.18 Å². The molecule has 0 unspecified atom stereocenters. The molecule has 0 saturated heterocycles. The van der Waals surface area contributed by atoms with Crippen molar-refractivity contribution in [1.82, 2.24) is 0 Å². The van der Waals surface area contributed by atoms with E-state index in [4.69, 9.17) is 23.2 Å². The summed E-state index contributed by atoms with van der Waals surface area (Å²) in [6.45, 7) is 1.91. The number of benzene rings is 2. The van der Waals surface area contributed by atoms with Gasteiger partial charge in [0, 0.05) is 5.69 Å². The van der Waals surface area contributed by atoms with Crippen molar-refractivity contribution in [3.8, 4) is 0 Å². The molecule has 9 heteroatoms. The van der Waals surface area contributed by atoms with Crippen LogP contribution in [0.2, 0.25) is 5.02 Å². The highest BCUT2D eigenvalue weighted by molar-refractivity contribution is 6.53. The molecule has 0 spiro atoms. The molecular formula is C19H13Cl2F3N2O2. The van der Waals surface area contributed by atoms with E-state index in [-0.39, 0.29) is 16.4 Å². The first-order valence-corrected chi connectivity index (χ1v) is 8.91. The van der Waals surface area contributed by atoms with Gasteiger partial charge in [-0.25, -0.2) is 4.90 Å². The van der Waals surface area contributed by atoms with Crippen LogP contribution in [0.5, 0.6) is 0 Å². The molecule has 3 rings (SSSR count). The molecule has 0 aliphatic carbocycles. The molecule has 2 aromatic carbocycles. The van der Waals surface area contributed by atoms with E-state index in [1.807, 2.05) is 19.1 Å². The number of imide groups is 1. The van der Waals surface area contributed by atoms with Crippen molar-refractivity contribution in [1.29, 1.82) is 0 Å². The maximum Gasteiger partial charge on any atom is 0.416 e. The molecule has 1 N–H and O–H groups in total. The summed E-state index contributed by atoms with van der Waals surface area (Å²) in [5.41, 5.74) is -0.209. The average Bonchev–Trinajstić information content (AvgIpc) is 2.85. The lowest BCUT2D eigenvalue weighted by atomic mass is 10.1. The van der Waals surface area contributed by atoms with Gasteiger partial charge in [0.05, 0.1) is 16.3 Å². The fraction of sp³-hybridized carbons (Fsp3) is 0.158. The molecule has 28 heavy (non-hydrogen) atoms. The molecule has 0 fully saturated rings. The standard InChI is InChI=1S/C19H13Cl2F3N2O2/c1-2-10-5-3-4-6-13(10)25-16-15(21)17(27)26(18(16)28)14-9-11(19(22,23)24)7-8-12(14)20/h3-9,25H,2H2,1H3. The van der Waals surface area contributed by atoms with Crippen LogP contribution in [0.3, 0.4) is 0 Å². The van der Waals surface area contributed by atoms with Crippen LogP contribution in [-0.2, 0) is 22.2 Å². The van der Waals surface area contributed by atoms with E-state index in [0.29, 0.717) is 23.1 Å². The number of amides is 2. The third-order valence-electron chi connectivity index (χ3n) is 4.20. The van der Waals surface area contributed by atoms with Crippen molar-refractivity contribution in [2.24, 2.45) is 0 Å². The van der Waals surface area contributed by atoms with Gasteiger partial charge in [-0.15, -0.1) is 0 Å². The Kier molecular flexibility index (Phi) is 5.41. The Morgan fingerprint density at radius 1 is 1.04 bits per heavy atom. The molecule has 1 aliphatic rings. The minimum absolute atomic E-state index is 0.186. The summed E-state index contributed by atoms with van der Waals surface area (Å²) in [4.78, 5) is 25.9. The van der Waals surface area contributed by atoms with Gasteiger partial charge in [0.25, 0.3) is 11.8 Å². The van der Waals surface area contributed by atoms with E-state index in [1.54, 1.807) is 12.1 Å². The van der Waals surface area contributed by atoms with E-state index in [0.717, 1.165) is 17.7 Å². The largest absolute Gasteiger partial charge is 0.416 e. The van der Waals surface area contributed by atoms with Crippen LogP contribution in [-0.4, -0.2) is 11.8 Å². The lowest BCUT2D eigenvalue weighted by Crippen LogP contribution is -2.32. The molecule has 0 atom stereocenters. The van der Waals surface area contributed by atoms with Crippen LogP contribution in [0.15, 0.2) is 53.2 Å². The van der Waals surface area contributed by atoms with Crippen LogP contribution >= 0.6 is 23.2 Å². The maximum absolute atomic E-state index is 13.0. The molecule has 0 bridgehead atoms. The lowest BCUT2D eigenvalue weighted by molar-refractivity contribution is -0.137.